The standard InChI is InChI=1S/C12H26O2/c1-6-8-9-11(3)13-14-12(4,5)10-7-2/h11H,6-10H2,1-5H3. The van der Waals surface area contributed by atoms with Gasteiger partial charge < -0.3 is 0 Å². The van der Waals surface area contributed by atoms with Gasteiger partial charge in [-0.25, -0.2) is 9.78 Å². The third-order valence-corrected chi connectivity index (χ3v) is 2.25. The van der Waals surface area contributed by atoms with Gasteiger partial charge >= 0.3 is 0 Å². The molecule has 0 N–H and O–H groups in total. The Morgan fingerprint density at radius 2 is 1.79 bits per heavy atom. The van der Waals surface area contributed by atoms with Crippen molar-refractivity contribution in [3.05, 3.63) is 0 Å². The van der Waals surface area contributed by atoms with E-state index in [0.717, 1.165) is 19.3 Å². The van der Waals surface area contributed by atoms with Crippen LogP contribution in [0.3, 0.4) is 0 Å². The molecule has 14 heavy (non-hydrogen) atoms. The van der Waals surface area contributed by atoms with Gasteiger partial charge in [0.1, 0.15) is 0 Å². The smallest absolute Gasteiger partial charge is 0.0980 e. The van der Waals surface area contributed by atoms with Gasteiger partial charge in [-0.15, -0.1) is 0 Å². The van der Waals surface area contributed by atoms with Crippen molar-refractivity contribution in [3.63, 3.8) is 0 Å². The highest BCUT2D eigenvalue weighted by atomic mass is 17.2. The zero-order valence-corrected chi connectivity index (χ0v) is 10.4. The predicted octanol–water partition coefficient (Wildman–Crippen LogP) is 4.09. The van der Waals surface area contributed by atoms with Crippen molar-refractivity contribution >= 4 is 0 Å². The van der Waals surface area contributed by atoms with E-state index in [1.807, 2.05) is 0 Å². The van der Waals surface area contributed by atoms with Crippen molar-refractivity contribution in [1.82, 2.24) is 0 Å². The minimum absolute atomic E-state index is 0.144. The summed E-state index contributed by atoms with van der Waals surface area (Å²) < 4.78 is 0. The number of hydrogen-bond acceptors (Lipinski definition) is 2. The molecule has 0 aromatic carbocycles. The molecule has 0 aliphatic rings. The molecular weight excluding hydrogens is 176 g/mol. The summed E-state index contributed by atoms with van der Waals surface area (Å²) >= 11 is 0. The van der Waals surface area contributed by atoms with Crippen molar-refractivity contribution in [2.75, 3.05) is 0 Å². The molecule has 0 aromatic rings. The van der Waals surface area contributed by atoms with Gasteiger partial charge in [-0.1, -0.05) is 33.1 Å². The molecule has 0 aliphatic heterocycles. The fourth-order valence-electron chi connectivity index (χ4n) is 1.40. The van der Waals surface area contributed by atoms with Gasteiger partial charge in [0.15, 0.2) is 0 Å². The molecule has 0 aromatic heterocycles. The van der Waals surface area contributed by atoms with E-state index in [1.54, 1.807) is 0 Å². The molecule has 0 bridgehead atoms. The SMILES string of the molecule is CCCCC(C)OOC(C)(C)CCC. The van der Waals surface area contributed by atoms with E-state index >= 15 is 0 Å². The van der Waals surface area contributed by atoms with Crippen LogP contribution in [0.5, 0.6) is 0 Å². The summed E-state index contributed by atoms with van der Waals surface area (Å²) in [4.78, 5) is 10.8. The summed E-state index contributed by atoms with van der Waals surface area (Å²) in [5.74, 6) is 0. The van der Waals surface area contributed by atoms with E-state index in [0.29, 0.717) is 0 Å². The second kappa shape index (κ2) is 7.24. The van der Waals surface area contributed by atoms with Crippen LogP contribution < -0.4 is 0 Å². The van der Waals surface area contributed by atoms with Crippen molar-refractivity contribution in [2.24, 2.45) is 0 Å². The molecule has 0 amide bonds. The van der Waals surface area contributed by atoms with E-state index in [2.05, 4.69) is 34.6 Å². The largest absolute Gasteiger partial charge is 0.233 e. The molecule has 1 atom stereocenters. The Morgan fingerprint density at radius 1 is 1.14 bits per heavy atom. The highest BCUT2D eigenvalue weighted by Crippen LogP contribution is 2.18. The Hall–Kier alpha value is -0.0800. The maximum absolute atomic E-state index is 5.43. The lowest BCUT2D eigenvalue weighted by molar-refractivity contribution is -0.376. The average Bonchev–Trinajstić information content (AvgIpc) is 2.11. The van der Waals surface area contributed by atoms with Crippen molar-refractivity contribution in [1.29, 1.82) is 0 Å². The van der Waals surface area contributed by atoms with Crippen molar-refractivity contribution in [3.8, 4) is 0 Å². The Balaban J connectivity index is 3.58. The topological polar surface area (TPSA) is 18.5 Å². The lowest BCUT2D eigenvalue weighted by Gasteiger charge is -2.25. The monoisotopic (exact) mass is 202 g/mol. The molecule has 0 spiro atoms. The first-order valence-corrected chi connectivity index (χ1v) is 5.86. The summed E-state index contributed by atoms with van der Waals surface area (Å²) in [7, 11) is 0. The van der Waals surface area contributed by atoms with E-state index in [9.17, 15) is 0 Å². The van der Waals surface area contributed by atoms with Gasteiger partial charge in [0.2, 0.25) is 0 Å². The zero-order valence-electron chi connectivity index (χ0n) is 10.4. The van der Waals surface area contributed by atoms with Gasteiger partial charge in [0, 0.05) is 0 Å². The van der Waals surface area contributed by atoms with Gasteiger partial charge in [0.05, 0.1) is 11.7 Å². The number of unbranched alkanes of at least 4 members (excludes halogenated alkanes) is 1. The second-order valence-corrected chi connectivity index (χ2v) is 4.64. The van der Waals surface area contributed by atoms with Crippen LogP contribution in [-0.2, 0) is 9.78 Å². The van der Waals surface area contributed by atoms with Crippen LogP contribution in [0.1, 0.15) is 66.7 Å². The minimum Gasteiger partial charge on any atom is -0.233 e. The fraction of sp³-hybridized carbons (Fsp3) is 1.00. The highest BCUT2D eigenvalue weighted by Gasteiger charge is 2.19. The average molecular weight is 202 g/mol. The Morgan fingerprint density at radius 3 is 2.29 bits per heavy atom. The van der Waals surface area contributed by atoms with Gasteiger partial charge in [-0.2, -0.15) is 0 Å². The normalized spacial score (nSPS) is 14.4. The Bertz CT molecular complexity index is 132. The maximum Gasteiger partial charge on any atom is 0.0980 e. The first kappa shape index (κ1) is 13.9. The lowest BCUT2D eigenvalue weighted by Crippen LogP contribution is -2.26. The summed E-state index contributed by atoms with van der Waals surface area (Å²) in [5.41, 5.74) is -0.144. The maximum atomic E-state index is 5.43. The van der Waals surface area contributed by atoms with Crippen LogP contribution in [0.25, 0.3) is 0 Å². The van der Waals surface area contributed by atoms with E-state index in [-0.39, 0.29) is 11.7 Å². The van der Waals surface area contributed by atoms with Crippen LogP contribution in [0, 0.1) is 0 Å². The van der Waals surface area contributed by atoms with Crippen LogP contribution in [0.4, 0.5) is 0 Å². The number of rotatable bonds is 8. The van der Waals surface area contributed by atoms with Crippen LogP contribution in [-0.4, -0.2) is 11.7 Å². The molecule has 0 heterocycles. The van der Waals surface area contributed by atoms with Crippen molar-refractivity contribution in [2.45, 2.75) is 78.4 Å². The third-order valence-electron chi connectivity index (χ3n) is 2.25. The summed E-state index contributed by atoms with van der Waals surface area (Å²) in [6, 6.07) is 0. The molecule has 0 aliphatic carbocycles. The molecule has 0 fully saturated rings. The first-order valence-electron chi connectivity index (χ1n) is 5.86. The minimum atomic E-state index is -0.144. The van der Waals surface area contributed by atoms with Gasteiger partial charge in [-0.3, -0.25) is 0 Å². The summed E-state index contributed by atoms with van der Waals surface area (Å²) in [6.07, 6.45) is 5.88. The summed E-state index contributed by atoms with van der Waals surface area (Å²) in [5, 5.41) is 0. The van der Waals surface area contributed by atoms with Crippen LogP contribution in [0.15, 0.2) is 0 Å². The first-order chi connectivity index (χ1) is 6.52. The molecular formula is C12H26O2. The Kier molecular flexibility index (Phi) is 7.20. The van der Waals surface area contributed by atoms with E-state index < -0.39 is 0 Å². The lowest BCUT2D eigenvalue weighted by atomic mass is 10.0. The molecule has 1 unspecified atom stereocenters. The molecule has 2 heteroatoms. The molecule has 0 saturated heterocycles. The zero-order chi connectivity index (χ0) is 11.0. The van der Waals surface area contributed by atoms with Gasteiger partial charge in [0.25, 0.3) is 0 Å². The highest BCUT2D eigenvalue weighted by molar-refractivity contribution is 4.64. The second-order valence-electron chi connectivity index (χ2n) is 4.64. The quantitative estimate of drug-likeness (QED) is 0.436. The van der Waals surface area contributed by atoms with Crippen LogP contribution >= 0.6 is 0 Å². The van der Waals surface area contributed by atoms with E-state index in [4.69, 9.17) is 9.78 Å². The fourth-order valence-corrected chi connectivity index (χ4v) is 1.40. The molecule has 2 nitrogen and oxygen atoms in total. The summed E-state index contributed by atoms with van der Waals surface area (Å²) in [6.45, 7) is 10.6. The predicted molar refractivity (Wildman–Crippen MR) is 60.1 cm³/mol. The third kappa shape index (κ3) is 7.34. The van der Waals surface area contributed by atoms with Crippen molar-refractivity contribution < 1.29 is 9.78 Å². The molecule has 86 valence electrons. The van der Waals surface area contributed by atoms with E-state index in [1.165, 1.54) is 12.8 Å². The van der Waals surface area contributed by atoms with Gasteiger partial charge in [-0.05, 0) is 33.6 Å². The molecule has 0 radical (unpaired) electrons. The number of hydrogen-bond donors (Lipinski definition) is 0. The molecule has 0 rings (SSSR count). The van der Waals surface area contributed by atoms with Crippen LogP contribution in [0.2, 0.25) is 0 Å². The molecule has 0 saturated carbocycles. The Labute approximate surface area is 88.9 Å².